The van der Waals surface area contributed by atoms with Crippen molar-refractivity contribution in [1.82, 2.24) is 5.32 Å². The molecule has 1 amide bonds. The Kier molecular flexibility index (Phi) is 9.14. The molecule has 1 rings (SSSR count). The van der Waals surface area contributed by atoms with Crippen LogP contribution in [-0.4, -0.2) is 69.2 Å². The fourth-order valence-electron chi connectivity index (χ4n) is 2.60. The highest BCUT2D eigenvalue weighted by molar-refractivity contribution is 5.71. The normalized spacial score (nSPS) is 16.1. The molecule has 4 unspecified atom stereocenters. The smallest absolute Gasteiger partial charge is 0.410 e. The number of aliphatic hydroxyl groups excluding tert-OH is 5. The lowest BCUT2D eigenvalue weighted by atomic mass is 9.94. The van der Waals surface area contributed by atoms with Gasteiger partial charge in [-0.25, -0.2) is 4.79 Å². The first kappa shape index (κ1) is 23.3. The van der Waals surface area contributed by atoms with E-state index in [4.69, 9.17) is 9.84 Å². The van der Waals surface area contributed by atoms with Gasteiger partial charge in [0.05, 0.1) is 12.7 Å². The van der Waals surface area contributed by atoms with Crippen LogP contribution in [0, 0.1) is 0 Å². The fraction of sp³-hybridized carbons (Fsp3) is 0.632. The van der Waals surface area contributed by atoms with Crippen LogP contribution in [0.2, 0.25) is 0 Å². The molecule has 8 heteroatoms. The molecule has 0 aliphatic rings. The van der Waals surface area contributed by atoms with E-state index in [0.29, 0.717) is 5.75 Å². The van der Waals surface area contributed by atoms with Crippen molar-refractivity contribution in [3.63, 3.8) is 0 Å². The van der Waals surface area contributed by atoms with Crippen LogP contribution in [0.15, 0.2) is 18.2 Å². The van der Waals surface area contributed by atoms with Crippen LogP contribution in [0.5, 0.6) is 5.75 Å². The van der Waals surface area contributed by atoms with Gasteiger partial charge in [0, 0.05) is 6.54 Å². The first-order chi connectivity index (χ1) is 12.6. The number of hydrogen-bond acceptors (Lipinski definition) is 7. The summed E-state index contributed by atoms with van der Waals surface area (Å²) in [6, 6.07) is 5.66. The molecule has 154 valence electrons. The topological polar surface area (TPSA) is 139 Å². The standard InChI is InChI=1S/C19H31NO7/c1-10(2)12-6-5-7-13(11(3)4)18(12)27-19(26)20-8-14(22)16(24)17(25)15(23)9-21/h5-7,10-11,14-17,21-25H,8-9H2,1-4H3,(H,20,26). The van der Waals surface area contributed by atoms with Gasteiger partial charge in [-0.1, -0.05) is 45.9 Å². The van der Waals surface area contributed by atoms with E-state index < -0.39 is 43.7 Å². The lowest BCUT2D eigenvalue weighted by Crippen LogP contribution is -2.49. The molecule has 0 aromatic heterocycles. The zero-order chi connectivity index (χ0) is 20.7. The van der Waals surface area contributed by atoms with E-state index in [9.17, 15) is 25.2 Å². The molecule has 0 saturated carbocycles. The predicted molar refractivity (Wildman–Crippen MR) is 99.8 cm³/mol. The van der Waals surface area contributed by atoms with E-state index in [-0.39, 0.29) is 11.8 Å². The summed E-state index contributed by atoms with van der Waals surface area (Å²) >= 11 is 0. The van der Waals surface area contributed by atoms with Crippen molar-refractivity contribution in [1.29, 1.82) is 0 Å². The van der Waals surface area contributed by atoms with Gasteiger partial charge in [-0.05, 0) is 23.0 Å². The summed E-state index contributed by atoms with van der Waals surface area (Å²) in [5, 5.41) is 49.6. The zero-order valence-electron chi connectivity index (χ0n) is 16.2. The van der Waals surface area contributed by atoms with E-state index in [1.165, 1.54) is 0 Å². The third kappa shape index (κ3) is 6.44. The molecule has 1 aromatic carbocycles. The highest BCUT2D eigenvalue weighted by Crippen LogP contribution is 2.34. The average molecular weight is 385 g/mol. The van der Waals surface area contributed by atoms with Gasteiger partial charge in [0.15, 0.2) is 0 Å². The quantitative estimate of drug-likeness (QED) is 0.363. The molecular formula is C19H31NO7. The van der Waals surface area contributed by atoms with Crippen LogP contribution >= 0.6 is 0 Å². The number of carbonyl (C=O) groups is 1. The molecule has 4 atom stereocenters. The number of benzene rings is 1. The first-order valence-electron chi connectivity index (χ1n) is 9.01. The minimum Gasteiger partial charge on any atom is -0.410 e. The summed E-state index contributed by atoms with van der Waals surface area (Å²) in [4.78, 5) is 12.2. The van der Waals surface area contributed by atoms with Crippen LogP contribution in [0.3, 0.4) is 0 Å². The van der Waals surface area contributed by atoms with Gasteiger partial charge in [-0.3, -0.25) is 0 Å². The van der Waals surface area contributed by atoms with E-state index in [1.54, 1.807) is 0 Å². The fourth-order valence-corrected chi connectivity index (χ4v) is 2.60. The summed E-state index contributed by atoms with van der Waals surface area (Å²) in [5.41, 5.74) is 1.75. The minimum absolute atomic E-state index is 0.133. The second-order valence-corrected chi connectivity index (χ2v) is 7.14. The first-order valence-corrected chi connectivity index (χ1v) is 9.01. The number of amides is 1. The third-order valence-corrected chi connectivity index (χ3v) is 4.30. The molecule has 0 saturated heterocycles. The Morgan fingerprint density at radius 3 is 1.89 bits per heavy atom. The van der Waals surface area contributed by atoms with Crippen LogP contribution in [-0.2, 0) is 0 Å². The minimum atomic E-state index is -1.75. The maximum absolute atomic E-state index is 12.2. The van der Waals surface area contributed by atoms with Gasteiger partial charge in [0.25, 0.3) is 0 Å². The van der Waals surface area contributed by atoms with E-state index in [2.05, 4.69) is 5.32 Å². The number of carbonyl (C=O) groups excluding carboxylic acids is 1. The van der Waals surface area contributed by atoms with Gasteiger partial charge < -0.3 is 35.6 Å². The maximum atomic E-state index is 12.2. The predicted octanol–water partition coefficient (Wildman–Crippen LogP) is 0.458. The Bertz CT molecular complexity index is 579. The van der Waals surface area contributed by atoms with Crippen molar-refractivity contribution >= 4 is 6.09 Å². The Morgan fingerprint density at radius 1 is 0.963 bits per heavy atom. The van der Waals surface area contributed by atoms with Crippen molar-refractivity contribution in [2.75, 3.05) is 13.2 Å². The van der Waals surface area contributed by atoms with Crippen LogP contribution in [0.4, 0.5) is 4.79 Å². The van der Waals surface area contributed by atoms with Crippen molar-refractivity contribution in [2.24, 2.45) is 0 Å². The van der Waals surface area contributed by atoms with Gasteiger partial charge in [0.2, 0.25) is 0 Å². The maximum Gasteiger partial charge on any atom is 0.412 e. The monoisotopic (exact) mass is 385 g/mol. The lowest BCUT2D eigenvalue weighted by Gasteiger charge is -2.25. The molecule has 0 fully saturated rings. The summed E-state index contributed by atoms with van der Waals surface area (Å²) in [7, 11) is 0. The van der Waals surface area contributed by atoms with Gasteiger partial charge in [0.1, 0.15) is 24.1 Å². The highest BCUT2D eigenvalue weighted by atomic mass is 16.6. The average Bonchev–Trinajstić information content (AvgIpc) is 2.63. The number of para-hydroxylation sites is 1. The second-order valence-electron chi connectivity index (χ2n) is 7.14. The molecular weight excluding hydrogens is 354 g/mol. The van der Waals surface area contributed by atoms with Crippen LogP contribution in [0.1, 0.15) is 50.7 Å². The van der Waals surface area contributed by atoms with Crippen molar-refractivity contribution in [2.45, 2.75) is 63.9 Å². The molecule has 1 aromatic rings. The van der Waals surface area contributed by atoms with Crippen molar-refractivity contribution in [3.05, 3.63) is 29.3 Å². The number of aliphatic hydroxyl groups is 5. The Labute approximate surface area is 159 Å². The second kappa shape index (κ2) is 10.6. The van der Waals surface area contributed by atoms with E-state index >= 15 is 0 Å². The number of nitrogens with one attached hydrogen (secondary N) is 1. The highest BCUT2D eigenvalue weighted by Gasteiger charge is 2.30. The molecule has 0 heterocycles. The molecule has 8 nitrogen and oxygen atoms in total. The molecule has 0 spiro atoms. The molecule has 0 bridgehead atoms. The van der Waals surface area contributed by atoms with E-state index in [1.807, 2.05) is 45.9 Å². The zero-order valence-corrected chi connectivity index (χ0v) is 16.2. The Morgan fingerprint density at radius 2 is 1.44 bits per heavy atom. The van der Waals surface area contributed by atoms with Crippen molar-refractivity contribution < 1.29 is 35.1 Å². The summed E-state index contributed by atoms with van der Waals surface area (Å²) in [6.45, 7) is 6.76. The molecule has 6 N–H and O–H groups in total. The Balaban J connectivity index is 2.78. The number of ether oxygens (including phenoxy) is 1. The third-order valence-electron chi connectivity index (χ3n) is 4.30. The van der Waals surface area contributed by atoms with E-state index in [0.717, 1.165) is 11.1 Å². The van der Waals surface area contributed by atoms with Gasteiger partial charge in [-0.2, -0.15) is 0 Å². The molecule has 27 heavy (non-hydrogen) atoms. The number of rotatable bonds is 9. The lowest BCUT2D eigenvalue weighted by molar-refractivity contribution is -0.113. The molecule has 0 radical (unpaired) electrons. The van der Waals surface area contributed by atoms with Gasteiger partial charge >= 0.3 is 6.09 Å². The largest absolute Gasteiger partial charge is 0.412 e. The molecule has 0 aliphatic carbocycles. The van der Waals surface area contributed by atoms with Crippen molar-refractivity contribution in [3.8, 4) is 5.75 Å². The summed E-state index contributed by atoms with van der Waals surface area (Å²) in [6.07, 6.45) is -7.47. The molecule has 0 aliphatic heterocycles. The SMILES string of the molecule is CC(C)c1cccc(C(C)C)c1OC(=O)NCC(O)C(O)C(O)C(O)CO. The number of hydrogen-bond donors (Lipinski definition) is 6. The Hall–Kier alpha value is -1.71. The van der Waals surface area contributed by atoms with Crippen LogP contribution in [0.25, 0.3) is 0 Å². The van der Waals surface area contributed by atoms with Crippen LogP contribution < -0.4 is 10.1 Å². The van der Waals surface area contributed by atoms with Gasteiger partial charge in [-0.15, -0.1) is 0 Å². The summed E-state index contributed by atoms with van der Waals surface area (Å²) in [5.74, 6) is 0.730. The summed E-state index contributed by atoms with van der Waals surface area (Å²) < 4.78 is 5.46.